The Morgan fingerprint density at radius 3 is 2.65 bits per heavy atom. The molecule has 2 amide bonds. The van der Waals surface area contributed by atoms with Gasteiger partial charge in [0.15, 0.2) is 0 Å². The smallest absolute Gasteiger partial charge is 0.335 e. The van der Waals surface area contributed by atoms with Crippen LogP contribution in [0.5, 0.6) is 0 Å². The summed E-state index contributed by atoms with van der Waals surface area (Å²) in [7, 11) is 0. The van der Waals surface area contributed by atoms with Gasteiger partial charge in [-0.15, -0.1) is 6.42 Å². The van der Waals surface area contributed by atoms with Crippen LogP contribution in [0.4, 0.5) is 10.5 Å². The van der Waals surface area contributed by atoms with Gasteiger partial charge >= 0.3 is 12.0 Å². The van der Waals surface area contributed by atoms with Crippen molar-refractivity contribution in [1.29, 1.82) is 0 Å². The first kappa shape index (κ1) is 15.6. The number of hydrogen-bond acceptors (Lipinski definition) is 2. The molecule has 0 bridgehead atoms. The summed E-state index contributed by atoms with van der Waals surface area (Å²) in [4.78, 5) is 22.6. The molecule has 0 saturated heterocycles. The third-order valence-electron chi connectivity index (χ3n) is 2.81. The van der Waals surface area contributed by atoms with Gasteiger partial charge in [-0.1, -0.05) is 19.3 Å². The van der Waals surface area contributed by atoms with E-state index in [4.69, 9.17) is 11.5 Å². The third kappa shape index (κ3) is 4.32. The monoisotopic (exact) mass is 274 g/mol. The minimum Gasteiger partial charge on any atom is -0.478 e. The number of aromatic carboxylic acids is 1. The Morgan fingerprint density at radius 1 is 1.45 bits per heavy atom. The van der Waals surface area contributed by atoms with Crippen molar-refractivity contribution in [3.63, 3.8) is 0 Å². The molecule has 0 saturated carbocycles. The molecule has 0 fully saturated rings. The molecule has 3 N–H and O–H groups in total. The van der Waals surface area contributed by atoms with Gasteiger partial charge in [0.1, 0.15) is 0 Å². The largest absolute Gasteiger partial charge is 0.478 e. The van der Waals surface area contributed by atoms with Crippen LogP contribution >= 0.6 is 0 Å². The number of nitrogens with one attached hydrogen (secondary N) is 2. The third-order valence-corrected chi connectivity index (χ3v) is 2.81. The number of terminal acetylenes is 1. The number of benzene rings is 1. The molecule has 0 aromatic heterocycles. The number of urea groups is 1. The van der Waals surface area contributed by atoms with E-state index < -0.39 is 12.0 Å². The molecule has 0 radical (unpaired) electrons. The molecule has 1 aromatic rings. The Balaban J connectivity index is 2.71. The van der Waals surface area contributed by atoms with Crippen molar-refractivity contribution in [1.82, 2.24) is 5.32 Å². The fourth-order valence-electron chi connectivity index (χ4n) is 1.74. The van der Waals surface area contributed by atoms with Gasteiger partial charge in [0.25, 0.3) is 0 Å². The van der Waals surface area contributed by atoms with Gasteiger partial charge in [-0.2, -0.15) is 0 Å². The van der Waals surface area contributed by atoms with E-state index in [1.807, 2.05) is 6.92 Å². The zero-order valence-corrected chi connectivity index (χ0v) is 11.6. The Bertz CT molecular complexity index is 547. The van der Waals surface area contributed by atoms with Gasteiger partial charge in [0.05, 0.1) is 11.6 Å². The molecule has 1 unspecified atom stereocenters. The molecule has 0 heterocycles. The fourth-order valence-corrected chi connectivity index (χ4v) is 1.74. The van der Waals surface area contributed by atoms with E-state index in [-0.39, 0.29) is 11.6 Å². The number of rotatable bonds is 5. The number of carboxylic acids is 1. The summed E-state index contributed by atoms with van der Waals surface area (Å²) in [6.07, 6.45) is 6.91. The first-order valence-electron chi connectivity index (χ1n) is 6.35. The summed E-state index contributed by atoms with van der Waals surface area (Å²) in [5.41, 5.74) is 1.41. The molecular formula is C15H18N2O3. The number of amides is 2. The molecule has 20 heavy (non-hydrogen) atoms. The van der Waals surface area contributed by atoms with Crippen molar-refractivity contribution in [3.05, 3.63) is 29.3 Å². The zero-order valence-electron chi connectivity index (χ0n) is 11.6. The molecule has 1 aromatic carbocycles. The second kappa shape index (κ2) is 7.19. The highest BCUT2D eigenvalue weighted by Gasteiger charge is 2.11. The highest BCUT2D eigenvalue weighted by atomic mass is 16.4. The highest BCUT2D eigenvalue weighted by molar-refractivity contribution is 5.92. The van der Waals surface area contributed by atoms with Crippen molar-refractivity contribution in [2.75, 3.05) is 5.32 Å². The Kier molecular flexibility index (Phi) is 5.60. The predicted octanol–water partition coefficient (Wildman–Crippen LogP) is 2.62. The van der Waals surface area contributed by atoms with Crippen molar-refractivity contribution < 1.29 is 14.7 Å². The number of carboxylic acid groups (broad SMARTS) is 1. The maximum atomic E-state index is 11.8. The lowest BCUT2D eigenvalue weighted by Gasteiger charge is -2.14. The molecule has 0 spiro atoms. The normalized spacial score (nSPS) is 11.2. The van der Waals surface area contributed by atoms with Gasteiger partial charge in [-0.3, -0.25) is 0 Å². The SMILES string of the molecule is C#CC(CCC)NC(=O)Nc1ccc(C(=O)O)cc1C. The van der Waals surface area contributed by atoms with E-state index in [9.17, 15) is 9.59 Å². The minimum atomic E-state index is -1.00. The van der Waals surface area contributed by atoms with Crippen LogP contribution in [0.2, 0.25) is 0 Å². The van der Waals surface area contributed by atoms with Gasteiger partial charge in [0, 0.05) is 5.69 Å². The van der Waals surface area contributed by atoms with Gasteiger partial charge in [-0.25, -0.2) is 9.59 Å². The molecular weight excluding hydrogens is 256 g/mol. The van der Waals surface area contributed by atoms with E-state index in [2.05, 4.69) is 16.6 Å². The second-order valence-electron chi connectivity index (χ2n) is 4.44. The number of aryl methyl sites for hydroxylation is 1. The summed E-state index contributed by atoms with van der Waals surface area (Å²) in [6, 6.07) is 3.80. The van der Waals surface area contributed by atoms with Crippen molar-refractivity contribution in [2.24, 2.45) is 0 Å². The first-order valence-corrected chi connectivity index (χ1v) is 6.35. The number of anilines is 1. The number of hydrogen-bond donors (Lipinski definition) is 3. The minimum absolute atomic E-state index is 0.181. The van der Waals surface area contributed by atoms with Crippen LogP contribution in [0.1, 0.15) is 35.7 Å². The molecule has 0 aliphatic heterocycles. The van der Waals surface area contributed by atoms with E-state index in [0.29, 0.717) is 17.7 Å². The number of carbonyl (C=O) groups excluding carboxylic acids is 1. The second-order valence-corrected chi connectivity index (χ2v) is 4.44. The molecule has 5 heteroatoms. The Labute approximate surface area is 118 Å². The maximum absolute atomic E-state index is 11.8. The Hall–Kier alpha value is -2.48. The molecule has 106 valence electrons. The zero-order chi connectivity index (χ0) is 15.1. The van der Waals surface area contributed by atoms with Gasteiger partial charge in [-0.05, 0) is 37.1 Å². The van der Waals surface area contributed by atoms with Crippen LogP contribution in [-0.4, -0.2) is 23.1 Å². The lowest BCUT2D eigenvalue weighted by Crippen LogP contribution is -2.37. The van der Waals surface area contributed by atoms with E-state index in [1.165, 1.54) is 12.1 Å². The highest BCUT2D eigenvalue weighted by Crippen LogP contribution is 2.16. The fraction of sp³-hybridized carbons (Fsp3) is 0.333. The summed E-state index contributed by atoms with van der Waals surface area (Å²) in [5, 5.41) is 14.2. The van der Waals surface area contributed by atoms with E-state index in [0.717, 1.165) is 6.42 Å². The van der Waals surface area contributed by atoms with E-state index in [1.54, 1.807) is 13.0 Å². The molecule has 1 atom stereocenters. The van der Waals surface area contributed by atoms with Crippen LogP contribution in [0, 0.1) is 19.3 Å². The average Bonchev–Trinajstić information content (AvgIpc) is 2.40. The van der Waals surface area contributed by atoms with Gasteiger partial charge < -0.3 is 15.7 Å². The number of carbonyl (C=O) groups is 2. The van der Waals surface area contributed by atoms with Crippen molar-refractivity contribution in [2.45, 2.75) is 32.7 Å². The summed E-state index contributed by atoms with van der Waals surface area (Å²) >= 11 is 0. The Morgan fingerprint density at radius 2 is 2.15 bits per heavy atom. The van der Waals surface area contributed by atoms with Crippen LogP contribution in [-0.2, 0) is 0 Å². The standard InChI is InChI=1S/C15H18N2O3/c1-4-6-12(5-2)16-15(20)17-13-8-7-11(14(18)19)9-10(13)3/h2,7-9,12H,4,6H2,1,3H3,(H,18,19)(H2,16,17,20). The molecule has 0 aliphatic carbocycles. The maximum Gasteiger partial charge on any atom is 0.335 e. The van der Waals surface area contributed by atoms with Crippen molar-refractivity contribution in [3.8, 4) is 12.3 Å². The average molecular weight is 274 g/mol. The van der Waals surface area contributed by atoms with E-state index >= 15 is 0 Å². The first-order chi connectivity index (χ1) is 9.47. The molecule has 1 rings (SSSR count). The van der Waals surface area contributed by atoms with Crippen molar-refractivity contribution >= 4 is 17.7 Å². The summed E-state index contributed by atoms with van der Waals surface area (Å²) < 4.78 is 0. The lowest BCUT2D eigenvalue weighted by molar-refractivity contribution is 0.0697. The van der Waals surface area contributed by atoms with Gasteiger partial charge in [0.2, 0.25) is 0 Å². The lowest BCUT2D eigenvalue weighted by atomic mass is 10.1. The van der Waals surface area contributed by atoms with Crippen LogP contribution in [0.25, 0.3) is 0 Å². The van der Waals surface area contributed by atoms with Crippen LogP contribution in [0.15, 0.2) is 18.2 Å². The summed E-state index contributed by atoms with van der Waals surface area (Å²) in [5.74, 6) is 1.51. The van der Waals surface area contributed by atoms with Crippen LogP contribution in [0.3, 0.4) is 0 Å². The predicted molar refractivity (Wildman–Crippen MR) is 77.8 cm³/mol. The summed E-state index contributed by atoms with van der Waals surface area (Å²) in [6.45, 7) is 3.71. The quantitative estimate of drug-likeness (QED) is 0.722. The molecule has 5 nitrogen and oxygen atoms in total. The molecule has 0 aliphatic rings. The topological polar surface area (TPSA) is 78.4 Å². The van der Waals surface area contributed by atoms with Crippen LogP contribution < -0.4 is 10.6 Å².